The van der Waals surface area contributed by atoms with Crippen LogP contribution in [-0.4, -0.2) is 27.8 Å². The van der Waals surface area contributed by atoms with Gasteiger partial charge in [0.1, 0.15) is 24.0 Å². The monoisotopic (exact) mass is 394 g/mol. The predicted octanol–water partition coefficient (Wildman–Crippen LogP) is 4.16. The molecule has 2 aromatic heterocycles. The second-order valence-electron chi connectivity index (χ2n) is 6.97. The van der Waals surface area contributed by atoms with E-state index in [1.165, 1.54) is 18.2 Å². The number of benzene rings is 2. The maximum atomic E-state index is 13.8. The highest BCUT2D eigenvalue weighted by atomic mass is 19.1. The number of hydrogen-bond donors (Lipinski definition) is 2. The Hall–Kier alpha value is -3.32. The maximum Gasteiger partial charge on any atom is 0.138 e. The summed E-state index contributed by atoms with van der Waals surface area (Å²) in [5, 5.41) is 8.25. The third-order valence-electron chi connectivity index (χ3n) is 4.78. The largest absolute Gasteiger partial charge is 0.490 e. The molecule has 0 bridgehead atoms. The standard InChI is InChI=1S/C22H20F2N4O/c1-13-18-8-14(5-6-22(18)28-27-13)15-7-17(11-26-10-15)29-12-16(25)9-19-20(23)3-2-4-21(19)24/h2-8,10-11,16H,9,12,25H2,1H3,(H,27,28)/t16-/m0/s1. The molecule has 0 saturated heterocycles. The summed E-state index contributed by atoms with van der Waals surface area (Å²) < 4.78 is 33.3. The molecule has 0 radical (unpaired) electrons. The van der Waals surface area contributed by atoms with E-state index in [0.717, 1.165) is 27.7 Å². The lowest BCUT2D eigenvalue weighted by atomic mass is 10.0. The van der Waals surface area contributed by atoms with E-state index in [1.807, 2.05) is 31.2 Å². The van der Waals surface area contributed by atoms with Crippen molar-refractivity contribution in [3.05, 3.63) is 77.8 Å². The molecule has 4 rings (SSSR count). The molecule has 0 saturated carbocycles. The quantitative estimate of drug-likeness (QED) is 0.515. The fourth-order valence-electron chi connectivity index (χ4n) is 3.23. The van der Waals surface area contributed by atoms with Crippen molar-refractivity contribution < 1.29 is 13.5 Å². The van der Waals surface area contributed by atoms with Crippen molar-refractivity contribution in [1.29, 1.82) is 0 Å². The van der Waals surface area contributed by atoms with E-state index in [0.29, 0.717) is 5.75 Å². The predicted molar refractivity (Wildman–Crippen MR) is 108 cm³/mol. The third kappa shape index (κ3) is 4.09. The van der Waals surface area contributed by atoms with Crippen LogP contribution in [0.4, 0.5) is 8.78 Å². The molecule has 0 spiro atoms. The number of nitrogens with zero attached hydrogens (tertiary/aromatic N) is 2. The molecule has 0 fully saturated rings. The average molecular weight is 394 g/mol. The molecule has 0 aliphatic carbocycles. The Morgan fingerprint density at radius 2 is 1.86 bits per heavy atom. The Morgan fingerprint density at radius 1 is 1.07 bits per heavy atom. The zero-order valence-corrected chi connectivity index (χ0v) is 15.8. The second kappa shape index (κ2) is 7.97. The molecule has 1 atom stereocenters. The Balaban J connectivity index is 1.46. The summed E-state index contributed by atoms with van der Waals surface area (Å²) in [7, 11) is 0. The zero-order chi connectivity index (χ0) is 20.4. The molecule has 29 heavy (non-hydrogen) atoms. The van der Waals surface area contributed by atoms with Crippen LogP contribution in [0, 0.1) is 18.6 Å². The molecule has 0 aliphatic rings. The van der Waals surface area contributed by atoms with Crippen molar-refractivity contribution >= 4 is 10.9 Å². The minimum Gasteiger partial charge on any atom is -0.490 e. The number of pyridine rings is 1. The molecule has 3 N–H and O–H groups in total. The number of aromatic nitrogens is 3. The van der Waals surface area contributed by atoms with Crippen LogP contribution in [0.5, 0.6) is 5.75 Å². The van der Waals surface area contributed by atoms with E-state index in [9.17, 15) is 8.78 Å². The summed E-state index contributed by atoms with van der Waals surface area (Å²) in [6.45, 7) is 2.08. The Bertz CT molecular complexity index is 1140. The van der Waals surface area contributed by atoms with E-state index in [1.54, 1.807) is 12.4 Å². The molecule has 4 aromatic rings. The number of aromatic amines is 1. The lowest BCUT2D eigenvalue weighted by molar-refractivity contribution is 0.285. The first-order valence-electron chi connectivity index (χ1n) is 9.22. The van der Waals surface area contributed by atoms with E-state index < -0.39 is 17.7 Å². The second-order valence-corrected chi connectivity index (χ2v) is 6.97. The number of aryl methyl sites for hydroxylation is 1. The van der Waals surface area contributed by atoms with Crippen LogP contribution in [0.3, 0.4) is 0 Å². The van der Waals surface area contributed by atoms with E-state index in [-0.39, 0.29) is 18.6 Å². The van der Waals surface area contributed by atoms with E-state index in [4.69, 9.17) is 10.5 Å². The SMILES string of the molecule is Cc1[nH]nc2ccc(-c3cncc(OC[C@@H](N)Cc4c(F)cccc4F)c3)cc12. The summed E-state index contributed by atoms with van der Waals surface area (Å²) >= 11 is 0. The molecular formula is C22H20F2N4O. The first-order chi connectivity index (χ1) is 14.0. The topological polar surface area (TPSA) is 76.8 Å². The van der Waals surface area contributed by atoms with Crippen LogP contribution in [0.15, 0.2) is 54.9 Å². The number of hydrogen-bond acceptors (Lipinski definition) is 4. The van der Waals surface area contributed by atoms with Crippen molar-refractivity contribution in [1.82, 2.24) is 15.2 Å². The maximum absolute atomic E-state index is 13.8. The van der Waals surface area contributed by atoms with Gasteiger partial charge in [0.05, 0.1) is 11.7 Å². The number of nitrogens with two attached hydrogens (primary N) is 1. The minimum absolute atomic E-state index is 0.0285. The van der Waals surface area contributed by atoms with Crippen LogP contribution in [0.1, 0.15) is 11.3 Å². The normalized spacial score (nSPS) is 12.3. The van der Waals surface area contributed by atoms with Crippen LogP contribution in [-0.2, 0) is 6.42 Å². The summed E-state index contributed by atoms with van der Waals surface area (Å²) in [5.74, 6) is -0.668. The van der Waals surface area contributed by atoms with Crippen LogP contribution < -0.4 is 10.5 Å². The van der Waals surface area contributed by atoms with Crippen LogP contribution in [0.25, 0.3) is 22.0 Å². The highest BCUT2D eigenvalue weighted by molar-refractivity contribution is 5.86. The fraction of sp³-hybridized carbons (Fsp3) is 0.182. The third-order valence-corrected chi connectivity index (χ3v) is 4.78. The summed E-state index contributed by atoms with van der Waals surface area (Å²) in [5.41, 5.74) is 9.76. The molecule has 5 nitrogen and oxygen atoms in total. The van der Waals surface area contributed by atoms with Gasteiger partial charge in [-0.3, -0.25) is 10.1 Å². The van der Waals surface area contributed by atoms with Gasteiger partial charge in [0, 0.05) is 34.4 Å². The molecule has 0 unspecified atom stereocenters. The fourth-order valence-corrected chi connectivity index (χ4v) is 3.23. The Labute approximate surface area is 166 Å². The Kier molecular flexibility index (Phi) is 5.22. The van der Waals surface area contributed by atoms with Crippen molar-refractivity contribution in [3.8, 4) is 16.9 Å². The molecule has 0 amide bonds. The first-order valence-corrected chi connectivity index (χ1v) is 9.22. The van der Waals surface area contributed by atoms with Crippen molar-refractivity contribution in [2.24, 2.45) is 5.73 Å². The van der Waals surface area contributed by atoms with Gasteiger partial charge in [-0.05, 0) is 49.2 Å². The van der Waals surface area contributed by atoms with Crippen molar-refractivity contribution in [3.63, 3.8) is 0 Å². The summed E-state index contributed by atoms with van der Waals surface area (Å²) in [4.78, 5) is 4.23. The molecule has 0 aliphatic heterocycles. The van der Waals surface area contributed by atoms with Gasteiger partial charge in [0.25, 0.3) is 0 Å². The highest BCUT2D eigenvalue weighted by Gasteiger charge is 2.14. The van der Waals surface area contributed by atoms with Gasteiger partial charge in [0.2, 0.25) is 0 Å². The zero-order valence-electron chi connectivity index (χ0n) is 15.8. The van der Waals surface area contributed by atoms with Crippen molar-refractivity contribution in [2.45, 2.75) is 19.4 Å². The highest BCUT2D eigenvalue weighted by Crippen LogP contribution is 2.27. The number of rotatable bonds is 6. The van der Waals surface area contributed by atoms with Gasteiger partial charge in [-0.25, -0.2) is 8.78 Å². The first kappa shape index (κ1) is 19.0. The number of halogens is 2. The average Bonchev–Trinajstić information content (AvgIpc) is 3.10. The summed E-state index contributed by atoms with van der Waals surface area (Å²) in [6.07, 6.45) is 3.38. The van der Waals surface area contributed by atoms with Gasteiger partial charge in [-0.1, -0.05) is 12.1 Å². The number of ether oxygens (including phenoxy) is 1. The molecule has 2 heterocycles. The lowest BCUT2D eigenvalue weighted by Crippen LogP contribution is -2.31. The van der Waals surface area contributed by atoms with Crippen LogP contribution >= 0.6 is 0 Å². The van der Waals surface area contributed by atoms with Crippen molar-refractivity contribution in [2.75, 3.05) is 6.61 Å². The van der Waals surface area contributed by atoms with Gasteiger partial charge in [0.15, 0.2) is 0 Å². The van der Waals surface area contributed by atoms with Gasteiger partial charge >= 0.3 is 0 Å². The minimum atomic E-state index is -0.603. The molecule has 7 heteroatoms. The smallest absolute Gasteiger partial charge is 0.138 e. The number of H-pyrrole nitrogens is 1. The Morgan fingerprint density at radius 3 is 2.66 bits per heavy atom. The van der Waals surface area contributed by atoms with Gasteiger partial charge < -0.3 is 10.5 Å². The number of fused-ring (bicyclic) bond motifs is 1. The van der Waals surface area contributed by atoms with Gasteiger partial charge in [-0.15, -0.1) is 0 Å². The number of nitrogens with one attached hydrogen (secondary N) is 1. The van der Waals surface area contributed by atoms with Gasteiger partial charge in [-0.2, -0.15) is 5.10 Å². The lowest BCUT2D eigenvalue weighted by Gasteiger charge is -2.14. The van der Waals surface area contributed by atoms with E-state index in [2.05, 4.69) is 15.2 Å². The van der Waals surface area contributed by atoms with E-state index >= 15 is 0 Å². The summed E-state index contributed by atoms with van der Waals surface area (Å²) in [6, 6.07) is 11.0. The molecular weight excluding hydrogens is 374 g/mol. The molecule has 148 valence electrons. The molecule has 2 aromatic carbocycles. The van der Waals surface area contributed by atoms with Crippen LogP contribution in [0.2, 0.25) is 0 Å².